The molecular formula is C67H52. The highest BCUT2D eigenvalue weighted by Crippen LogP contribution is 2.55. The molecule has 0 spiro atoms. The minimum atomic E-state index is -0.225. The van der Waals surface area contributed by atoms with Gasteiger partial charge in [-0.3, -0.25) is 0 Å². The fraction of sp³-hybridized carbons (Fsp3) is 0.134. The topological polar surface area (TPSA) is 0 Å². The Balaban J connectivity index is 0.974. The maximum atomic E-state index is 2.52. The Labute approximate surface area is 394 Å². The standard InChI is InChI=1S/C67H52/c1-39-20-24-42(25-21-39)62-50-15-8-9-16-51(50)63(54-29-22-40(2)34-56(54)62)43-26-32-48-49-33-27-44(37-61(49)67(6,7)60(48)36-43)64-52-17-10-11-18-53(52)65(57-35-41(3)23-30-55(57)64)45-28-31-47-46-14-12-13-19-58(46)66(4,5)59(47)38-45/h8-38H,1-7H3. The van der Waals surface area contributed by atoms with Gasteiger partial charge in [0.05, 0.1) is 0 Å². The minimum absolute atomic E-state index is 0.0774. The quantitative estimate of drug-likeness (QED) is 0.155. The average Bonchev–Trinajstić information content (AvgIpc) is 3.71. The van der Waals surface area contributed by atoms with Crippen LogP contribution >= 0.6 is 0 Å². The molecule has 0 atom stereocenters. The van der Waals surface area contributed by atoms with Gasteiger partial charge >= 0.3 is 0 Å². The largest absolute Gasteiger partial charge is 0.0619 e. The first kappa shape index (κ1) is 39.8. The summed E-state index contributed by atoms with van der Waals surface area (Å²) < 4.78 is 0. The van der Waals surface area contributed by atoms with Crippen molar-refractivity contribution in [1.29, 1.82) is 0 Å². The van der Waals surface area contributed by atoms with E-state index in [9.17, 15) is 0 Å². The summed E-state index contributed by atoms with van der Waals surface area (Å²) in [6, 6.07) is 72.1. The fourth-order valence-electron chi connectivity index (χ4n) is 12.5. The van der Waals surface area contributed by atoms with E-state index in [4.69, 9.17) is 0 Å². The molecule has 0 unspecified atom stereocenters. The highest BCUT2D eigenvalue weighted by atomic mass is 14.4. The summed E-state index contributed by atoms with van der Waals surface area (Å²) in [5.41, 5.74) is 24.8. The number of hydrogen-bond donors (Lipinski definition) is 0. The van der Waals surface area contributed by atoms with Crippen molar-refractivity contribution in [3.8, 4) is 66.8 Å². The van der Waals surface area contributed by atoms with Gasteiger partial charge in [-0.05, 0) is 171 Å². The van der Waals surface area contributed by atoms with Gasteiger partial charge in [-0.15, -0.1) is 0 Å². The predicted octanol–water partition coefficient (Wildman–Crippen LogP) is 18.5. The third-order valence-electron chi connectivity index (χ3n) is 15.8. The Morgan fingerprint density at radius 2 is 0.552 bits per heavy atom. The molecule has 11 aromatic rings. The first-order chi connectivity index (χ1) is 32.5. The van der Waals surface area contributed by atoms with Gasteiger partial charge in [-0.1, -0.05) is 214 Å². The van der Waals surface area contributed by atoms with Crippen LogP contribution in [0.5, 0.6) is 0 Å². The number of aryl methyl sites for hydroxylation is 3. The molecule has 0 fully saturated rings. The second-order valence-electron chi connectivity index (χ2n) is 20.6. The highest BCUT2D eigenvalue weighted by Gasteiger charge is 2.38. The molecule has 320 valence electrons. The second-order valence-corrected chi connectivity index (χ2v) is 20.6. The van der Waals surface area contributed by atoms with Crippen LogP contribution in [0.3, 0.4) is 0 Å². The molecular weight excluding hydrogens is 805 g/mol. The van der Waals surface area contributed by atoms with E-state index < -0.39 is 0 Å². The van der Waals surface area contributed by atoms with Crippen LogP contribution in [-0.4, -0.2) is 0 Å². The summed E-state index contributed by atoms with van der Waals surface area (Å²) in [4.78, 5) is 0. The van der Waals surface area contributed by atoms with E-state index in [0.29, 0.717) is 0 Å². The van der Waals surface area contributed by atoms with E-state index in [0.717, 1.165) is 0 Å². The molecule has 0 heterocycles. The van der Waals surface area contributed by atoms with E-state index >= 15 is 0 Å². The summed E-state index contributed by atoms with van der Waals surface area (Å²) in [6.45, 7) is 16.2. The summed E-state index contributed by atoms with van der Waals surface area (Å²) in [5.74, 6) is 0. The molecule has 0 aromatic heterocycles. The molecule has 0 saturated heterocycles. The van der Waals surface area contributed by atoms with Crippen molar-refractivity contribution in [2.24, 2.45) is 0 Å². The van der Waals surface area contributed by atoms with Crippen molar-refractivity contribution < 1.29 is 0 Å². The Kier molecular flexibility index (Phi) is 8.45. The summed E-state index contributed by atoms with van der Waals surface area (Å²) in [7, 11) is 0. The molecule has 2 aliphatic rings. The van der Waals surface area contributed by atoms with Crippen molar-refractivity contribution in [3.63, 3.8) is 0 Å². The van der Waals surface area contributed by atoms with Crippen LogP contribution in [0.25, 0.3) is 110 Å². The predicted molar refractivity (Wildman–Crippen MR) is 288 cm³/mol. The van der Waals surface area contributed by atoms with Crippen molar-refractivity contribution >= 4 is 43.1 Å². The van der Waals surface area contributed by atoms with Gasteiger partial charge in [0.1, 0.15) is 0 Å². The molecule has 0 nitrogen and oxygen atoms in total. The van der Waals surface area contributed by atoms with Gasteiger partial charge in [-0.2, -0.15) is 0 Å². The number of fused-ring (bicyclic) bond motifs is 10. The van der Waals surface area contributed by atoms with Crippen molar-refractivity contribution in [1.82, 2.24) is 0 Å². The van der Waals surface area contributed by atoms with Crippen LogP contribution in [0.2, 0.25) is 0 Å². The van der Waals surface area contributed by atoms with Gasteiger partial charge in [0, 0.05) is 10.8 Å². The summed E-state index contributed by atoms with van der Waals surface area (Å²) in [6.07, 6.45) is 0. The smallest absolute Gasteiger partial charge is 0.0159 e. The third-order valence-corrected chi connectivity index (χ3v) is 15.8. The lowest BCUT2D eigenvalue weighted by atomic mass is 9.79. The molecule has 0 heteroatoms. The summed E-state index contributed by atoms with van der Waals surface area (Å²) in [5, 5.41) is 10.3. The van der Waals surface area contributed by atoms with Crippen LogP contribution in [0, 0.1) is 20.8 Å². The van der Waals surface area contributed by atoms with E-state index in [-0.39, 0.29) is 10.8 Å². The second kappa shape index (κ2) is 14.2. The Bertz CT molecular complexity index is 3930. The zero-order chi connectivity index (χ0) is 45.5. The molecule has 0 N–H and O–H groups in total. The molecule has 11 aromatic carbocycles. The maximum Gasteiger partial charge on any atom is 0.0159 e. The average molecular weight is 857 g/mol. The fourth-order valence-corrected chi connectivity index (χ4v) is 12.5. The molecule has 0 aliphatic heterocycles. The Morgan fingerprint density at radius 1 is 0.239 bits per heavy atom. The zero-order valence-electron chi connectivity index (χ0n) is 39.4. The zero-order valence-corrected chi connectivity index (χ0v) is 39.4. The van der Waals surface area contributed by atoms with E-state index in [1.807, 2.05) is 0 Å². The SMILES string of the molecule is Cc1ccc(-c2c3ccccc3c(-c3ccc4c(c3)C(C)(C)c3cc(-c5c6ccccc6c(-c6ccc7c(c6)C(C)(C)c6ccccc6-7)c6cc(C)ccc56)ccc3-4)c3ccc(C)cc23)cc1. The lowest BCUT2D eigenvalue weighted by Crippen LogP contribution is -2.15. The minimum Gasteiger partial charge on any atom is -0.0619 e. The van der Waals surface area contributed by atoms with Gasteiger partial charge in [0.15, 0.2) is 0 Å². The molecule has 0 bridgehead atoms. The van der Waals surface area contributed by atoms with Crippen molar-refractivity contribution in [2.75, 3.05) is 0 Å². The lowest BCUT2D eigenvalue weighted by Gasteiger charge is -2.24. The Hall–Kier alpha value is -7.54. The Morgan fingerprint density at radius 3 is 1.00 bits per heavy atom. The molecule has 2 aliphatic carbocycles. The maximum absolute atomic E-state index is 2.52. The molecule has 13 rings (SSSR count). The first-order valence-electron chi connectivity index (χ1n) is 24.0. The molecule has 0 amide bonds. The van der Waals surface area contributed by atoms with Crippen LogP contribution in [-0.2, 0) is 10.8 Å². The lowest BCUT2D eigenvalue weighted by molar-refractivity contribution is 0.660. The molecule has 0 saturated carbocycles. The van der Waals surface area contributed by atoms with Crippen molar-refractivity contribution in [3.05, 3.63) is 227 Å². The number of benzene rings is 11. The van der Waals surface area contributed by atoms with Crippen molar-refractivity contribution in [2.45, 2.75) is 59.3 Å². The van der Waals surface area contributed by atoms with Gasteiger partial charge in [-0.25, -0.2) is 0 Å². The summed E-state index contributed by atoms with van der Waals surface area (Å²) >= 11 is 0. The first-order valence-corrected chi connectivity index (χ1v) is 24.0. The van der Waals surface area contributed by atoms with E-state index in [1.54, 1.807) is 0 Å². The monoisotopic (exact) mass is 856 g/mol. The van der Waals surface area contributed by atoms with Gasteiger partial charge in [0.2, 0.25) is 0 Å². The number of rotatable bonds is 4. The van der Waals surface area contributed by atoms with Crippen LogP contribution in [0.1, 0.15) is 66.6 Å². The third kappa shape index (κ3) is 5.72. The highest BCUT2D eigenvalue weighted by molar-refractivity contribution is 6.23. The molecule has 67 heavy (non-hydrogen) atoms. The van der Waals surface area contributed by atoms with E-state index in [1.165, 1.54) is 149 Å². The van der Waals surface area contributed by atoms with Gasteiger partial charge in [0.25, 0.3) is 0 Å². The number of hydrogen-bond acceptors (Lipinski definition) is 0. The van der Waals surface area contributed by atoms with Gasteiger partial charge < -0.3 is 0 Å². The van der Waals surface area contributed by atoms with Crippen LogP contribution in [0.15, 0.2) is 188 Å². The van der Waals surface area contributed by atoms with Crippen LogP contribution in [0.4, 0.5) is 0 Å². The van der Waals surface area contributed by atoms with Crippen LogP contribution < -0.4 is 0 Å². The molecule has 0 radical (unpaired) electrons. The normalized spacial score (nSPS) is 14.1. The van der Waals surface area contributed by atoms with E-state index in [2.05, 4.69) is 237 Å².